The predicted octanol–water partition coefficient (Wildman–Crippen LogP) is 4.90. The predicted molar refractivity (Wildman–Crippen MR) is 156 cm³/mol. The number of hydrogen-bond donors (Lipinski definition) is 3. The van der Waals surface area contributed by atoms with Crippen LogP contribution >= 0.6 is 22.9 Å². The minimum atomic E-state index is -0.313. The zero-order chi connectivity index (χ0) is 28.5. The highest BCUT2D eigenvalue weighted by molar-refractivity contribution is 7.09. The molecule has 0 aliphatic carbocycles. The lowest BCUT2D eigenvalue weighted by Crippen LogP contribution is -2.25. The number of hydrogen-bond acceptors (Lipinski definition) is 8. The number of benzene rings is 2. The number of nitrogens with zero attached hydrogens (tertiary/aromatic N) is 5. The highest BCUT2D eigenvalue weighted by Gasteiger charge is 2.23. The van der Waals surface area contributed by atoms with Crippen molar-refractivity contribution in [2.75, 3.05) is 7.05 Å². The van der Waals surface area contributed by atoms with Gasteiger partial charge in [0.2, 0.25) is 11.8 Å². The lowest BCUT2D eigenvalue weighted by atomic mass is 10.1. The molecule has 0 aliphatic rings. The van der Waals surface area contributed by atoms with Gasteiger partial charge in [-0.05, 0) is 36.6 Å². The fourth-order valence-corrected chi connectivity index (χ4v) is 5.70. The topological polar surface area (TPSA) is 144 Å². The van der Waals surface area contributed by atoms with Crippen LogP contribution in [0.1, 0.15) is 46.3 Å². The van der Waals surface area contributed by atoms with Crippen molar-refractivity contribution in [3.05, 3.63) is 81.2 Å². The number of H-pyrrole nitrogens is 1. The molecule has 1 atom stereocenters. The first-order valence-corrected chi connectivity index (χ1v) is 14.1. The minimum absolute atomic E-state index is 0.123. The standard InChI is InChI=1S/C28H25ClN8O3S/c1-15(8-25(38)31-14-26-34-24(36-40-26)10-18-4-3-7-41-18)37-23-12-20(29)19(28(39)30-2)11-22(23)33-27(37)16-5-6-17-13-32-35-21(17)9-16/h3-7,9,11-13,15H,8,10,14H2,1-2H3,(H,30,39)(H,31,38)(H,32,35)/t15-/m0/s1. The van der Waals surface area contributed by atoms with Gasteiger partial charge in [0, 0.05) is 41.8 Å². The third kappa shape index (κ3) is 5.43. The van der Waals surface area contributed by atoms with E-state index in [9.17, 15) is 9.59 Å². The normalized spacial score (nSPS) is 12.2. The number of carbonyl (C=O) groups excluding carboxylic acids is 2. The molecule has 0 aliphatic heterocycles. The van der Waals surface area contributed by atoms with E-state index in [0.717, 1.165) is 21.3 Å². The summed E-state index contributed by atoms with van der Waals surface area (Å²) in [6.45, 7) is 2.06. The summed E-state index contributed by atoms with van der Waals surface area (Å²) in [4.78, 5) is 35.8. The van der Waals surface area contributed by atoms with Gasteiger partial charge in [0.25, 0.3) is 5.91 Å². The Balaban J connectivity index is 1.26. The van der Waals surface area contributed by atoms with Gasteiger partial charge < -0.3 is 19.7 Å². The van der Waals surface area contributed by atoms with Crippen LogP contribution < -0.4 is 10.6 Å². The summed E-state index contributed by atoms with van der Waals surface area (Å²) in [6, 6.07) is 12.9. The van der Waals surface area contributed by atoms with Crippen LogP contribution in [0.25, 0.3) is 33.3 Å². The van der Waals surface area contributed by atoms with E-state index < -0.39 is 0 Å². The van der Waals surface area contributed by atoms with E-state index in [1.165, 1.54) is 0 Å². The van der Waals surface area contributed by atoms with Crippen molar-refractivity contribution in [2.45, 2.75) is 32.4 Å². The van der Waals surface area contributed by atoms with E-state index in [0.29, 0.717) is 45.6 Å². The summed E-state index contributed by atoms with van der Waals surface area (Å²) in [5.41, 5.74) is 3.30. The summed E-state index contributed by atoms with van der Waals surface area (Å²) in [7, 11) is 1.55. The van der Waals surface area contributed by atoms with Gasteiger partial charge in [-0.3, -0.25) is 14.7 Å². The first-order chi connectivity index (χ1) is 19.9. The van der Waals surface area contributed by atoms with E-state index in [1.54, 1.807) is 36.7 Å². The molecule has 11 nitrogen and oxygen atoms in total. The molecule has 41 heavy (non-hydrogen) atoms. The average molecular weight is 589 g/mol. The Morgan fingerprint density at radius 1 is 1.20 bits per heavy atom. The Bertz CT molecular complexity index is 1870. The van der Waals surface area contributed by atoms with Crippen molar-refractivity contribution < 1.29 is 14.1 Å². The number of aromatic amines is 1. The van der Waals surface area contributed by atoms with Crippen LogP contribution in [-0.4, -0.2) is 48.8 Å². The van der Waals surface area contributed by atoms with Crippen LogP contribution in [0.15, 0.2) is 58.6 Å². The first-order valence-electron chi connectivity index (χ1n) is 12.9. The Labute approximate surface area is 242 Å². The number of thiophene rings is 1. The summed E-state index contributed by atoms with van der Waals surface area (Å²) in [6.07, 6.45) is 2.48. The quantitative estimate of drug-likeness (QED) is 0.218. The number of fused-ring (bicyclic) bond motifs is 2. The van der Waals surface area contributed by atoms with E-state index >= 15 is 0 Å². The second-order valence-corrected chi connectivity index (χ2v) is 11.0. The Morgan fingerprint density at radius 2 is 2.07 bits per heavy atom. The summed E-state index contributed by atoms with van der Waals surface area (Å²) in [5, 5.41) is 19.8. The molecule has 0 saturated heterocycles. The molecule has 208 valence electrons. The van der Waals surface area contributed by atoms with Gasteiger partial charge in [-0.15, -0.1) is 11.3 Å². The molecule has 13 heteroatoms. The van der Waals surface area contributed by atoms with Gasteiger partial charge in [0.05, 0.1) is 39.9 Å². The zero-order valence-corrected chi connectivity index (χ0v) is 23.7. The second-order valence-electron chi connectivity index (χ2n) is 9.57. The average Bonchev–Trinajstić information content (AvgIpc) is 3.78. The maximum absolute atomic E-state index is 13.0. The number of nitrogens with one attached hydrogen (secondary N) is 3. The molecule has 4 aromatic heterocycles. The minimum Gasteiger partial charge on any atom is -0.355 e. The molecule has 3 N–H and O–H groups in total. The molecule has 0 saturated carbocycles. The van der Waals surface area contributed by atoms with Crippen LogP contribution in [0, 0.1) is 0 Å². The van der Waals surface area contributed by atoms with Crippen molar-refractivity contribution in [2.24, 2.45) is 0 Å². The number of carbonyl (C=O) groups is 2. The molecule has 0 unspecified atom stereocenters. The van der Waals surface area contributed by atoms with Crippen molar-refractivity contribution >= 4 is 56.7 Å². The van der Waals surface area contributed by atoms with Gasteiger partial charge in [-0.1, -0.05) is 35.0 Å². The molecule has 0 bridgehead atoms. The molecule has 6 rings (SSSR count). The summed E-state index contributed by atoms with van der Waals surface area (Å²) in [5.74, 6) is 1.05. The third-order valence-corrected chi connectivity index (χ3v) is 7.92. The summed E-state index contributed by atoms with van der Waals surface area (Å²) >= 11 is 8.15. The second kappa shape index (κ2) is 11.1. The summed E-state index contributed by atoms with van der Waals surface area (Å²) < 4.78 is 7.29. The highest BCUT2D eigenvalue weighted by atomic mass is 35.5. The molecule has 0 radical (unpaired) electrons. The van der Waals surface area contributed by atoms with E-state index in [2.05, 4.69) is 31.0 Å². The Morgan fingerprint density at radius 3 is 2.88 bits per heavy atom. The van der Waals surface area contributed by atoms with Crippen molar-refractivity contribution in [3.8, 4) is 11.4 Å². The number of aromatic nitrogens is 6. The lowest BCUT2D eigenvalue weighted by Gasteiger charge is -2.18. The van der Waals surface area contributed by atoms with Crippen LogP contribution in [0.5, 0.6) is 0 Å². The maximum atomic E-state index is 13.0. The van der Waals surface area contributed by atoms with Crippen LogP contribution in [-0.2, 0) is 17.8 Å². The fourth-order valence-electron chi connectivity index (χ4n) is 4.76. The Hall–Kier alpha value is -4.55. The van der Waals surface area contributed by atoms with Gasteiger partial charge in [-0.2, -0.15) is 10.1 Å². The van der Waals surface area contributed by atoms with Crippen LogP contribution in [0.4, 0.5) is 0 Å². The lowest BCUT2D eigenvalue weighted by molar-refractivity contribution is -0.122. The number of amides is 2. The molecule has 2 aromatic carbocycles. The highest BCUT2D eigenvalue weighted by Crippen LogP contribution is 2.34. The van der Waals surface area contributed by atoms with Crippen LogP contribution in [0.2, 0.25) is 5.02 Å². The van der Waals surface area contributed by atoms with Gasteiger partial charge >= 0.3 is 0 Å². The molecule has 0 fully saturated rings. The molecule has 6 aromatic rings. The molecule has 2 amide bonds. The van der Waals surface area contributed by atoms with Gasteiger partial charge in [0.1, 0.15) is 5.82 Å². The monoisotopic (exact) mass is 588 g/mol. The number of rotatable bonds is 9. The largest absolute Gasteiger partial charge is 0.355 e. The van der Waals surface area contributed by atoms with Gasteiger partial charge in [-0.25, -0.2) is 4.98 Å². The molecular weight excluding hydrogens is 564 g/mol. The van der Waals surface area contributed by atoms with Gasteiger partial charge in [0.15, 0.2) is 5.82 Å². The first kappa shape index (κ1) is 26.7. The SMILES string of the molecule is CNC(=O)c1cc2nc(-c3ccc4cn[nH]c4c3)n([C@@H](C)CC(=O)NCc3nc(Cc4cccs4)no3)c2cc1Cl. The van der Waals surface area contributed by atoms with E-state index in [4.69, 9.17) is 21.1 Å². The third-order valence-electron chi connectivity index (χ3n) is 6.73. The molecular formula is C28H25ClN8O3S. The molecule has 0 spiro atoms. The van der Waals surface area contributed by atoms with E-state index in [-0.39, 0.29) is 30.8 Å². The smallest absolute Gasteiger partial charge is 0.252 e. The Kier molecular flexibility index (Phi) is 7.25. The molecule has 4 heterocycles. The van der Waals surface area contributed by atoms with Crippen molar-refractivity contribution in [3.63, 3.8) is 0 Å². The van der Waals surface area contributed by atoms with E-state index in [1.807, 2.05) is 47.2 Å². The van der Waals surface area contributed by atoms with Crippen LogP contribution in [0.3, 0.4) is 0 Å². The fraction of sp³-hybridized carbons (Fsp3) is 0.214. The number of halogens is 1. The number of imidazole rings is 1. The van der Waals surface area contributed by atoms with Crippen molar-refractivity contribution in [1.82, 2.24) is 40.5 Å². The zero-order valence-electron chi connectivity index (χ0n) is 22.1. The maximum Gasteiger partial charge on any atom is 0.252 e. The van der Waals surface area contributed by atoms with Crippen molar-refractivity contribution in [1.29, 1.82) is 0 Å².